The van der Waals surface area contributed by atoms with E-state index in [1.807, 2.05) is 56.3 Å². The van der Waals surface area contributed by atoms with E-state index >= 15 is 0 Å². The number of nitrogens with zero attached hydrogens (tertiary/aromatic N) is 5. The van der Waals surface area contributed by atoms with Crippen molar-refractivity contribution < 1.29 is 33.5 Å². The monoisotopic (exact) mass is 847 g/mol. The normalized spacial score (nSPS) is 24.2. The summed E-state index contributed by atoms with van der Waals surface area (Å²) in [6.45, 7) is 10.8. The summed E-state index contributed by atoms with van der Waals surface area (Å²) in [4.78, 5) is 84.4. The maximum absolute atomic E-state index is 13.4. The molecule has 0 radical (unpaired) electrons. The van der Waals surface area contributed by atoms with Crippen LogP contribution in [0.5, 0.6) is 0 Å². The molecule has 5 aliphatic heterocycles. The number of hydrogen-bond donors (Lipinski definition) is 4. The Labute approximate surface area is 361 Å². The molecular formula is C46H57N9O7. The molecule has 4 N–H and O–H groups in total. The number of rotatable bonds is 10. The lowest BCUT2D eigenvalue weighted by Gasteiger charge is -2.42. The largest absolute Gasteiger partial charge is 0.446 e. The number of piperidine rings is 3. The Morgan fingerprint density at radius 3 is 2.31 bits per heavy atom. The molecule has 16 nitrogen and oxygen atoms in total. The van der Waals surface area contributed by atoms with Gasteiger partial charge in [-0.2, -0.15) is 5.10 Å². The van der Waals surface area contributed by atoms with Gasteiger partial charge in [-0.15, -0.1) is 0 Å². The molecule has 3 atom stereocenters. The number of alkyl carbamates (subject to hydrolysis) is 1. The number of fused-ring (bicyclic) bond motifs is 1. The molecule has 3 aromatic rings. The molecule has 1 saturated carbocycles. The van der Waals surface area contributed by atoms with E-state index in [0.29, 0.717) is 34.8 Å². The van der Waals surface area contributed by atoms with Gasteiger partial charge in [0.2, 0.25) is 11.8 Å². The average Bonchev–Trinajstić information content (AvgIpc) is 4.06. The summed E-state index contributed by atoms with van der Waals surface area (Å²) in [5.74, 6) is -0.834. The number of likely N-dealkylation sites (tertiary alicyclic amines) is 1. The Hall–Kier alpha value is -5.77. The van der Waals surface area contributed by atoms with Gasteiger partial charge in [0.25, 0.3) is 17.7 Å². The molecule has 4 saturated heterocycles. The first-order valence-corrected chi connectivity index (χ1v) is 22.4. The number of nitrogens with one attached hydrogen (secondary N) is 4. The van der Waals surface area contributed by atoms with Gasteiger partial charge in [-0.3, -0.25) is 39.3 Å². The molecule has 62 heavy (non-hydrogen) atoms. The molecule has 6 amide bonds. The number of carbonyl (C=O) groups excluding carboxylic acids is 6. The summed E-state index contributed by atoms with van der Waals surface area (Å²) in [5.41, 5.74) is 4.42. The van der Waals surface area contributed by atoms with Gasteiger partial charge in [-0.05, 0) is 139 Å². The fourth-order valence-corrected chi connectivity index (χ4v) is 10.5. The van der Waals surface area contributed by atoms with Crippen molar-refractivity contribution in [2.24, 2.45) is 11.3 Å². The van der Waals surface area contributed by atoms with Crippen molar-refractivity contribution in [2.75, 3.05) is 60.9 Å². The van der Waals surface area contributed by atoms with E-state index in [0.717, 1.165) is 113 Å². The molecule has 6 heterocycles. The zero-order chi connectivity index (χ0) is 43.1. The van der Waals surface area contributed by atoms with Crippen LogP contribution < -0.4 is 25.8 Å². The molecule has 1 aliphatic carbocycles. The minimum absolute atomic E-state index is 0.0249. The number of carbonyl (C=O) groups is 6. The highest BCUT2D eigenvalue weighted by Gasteiger charge is 2.46. The first-order chi connectivity index (χ1) is 29.9. The van der Waals surface area contributed by atoms with Crippen molar-refractivity contribution >= 4 is 52.8 Å². The number of aromatic amines is 1. The summed E-state index contributed by atoms with van der Waals surface area (Å²) in [6.07, 6.45) is 7.70. The Morgan fingerprint density at radius 2 is 1.56 bits per heavy atom. The van der Waals surface area contributed by atoms with Gasteiger partial charge in [0.1, 0.15) is 12.1 Å². The SMILES string of the molecule is CC(C)NC(=O)O[C@H]1CC[C@@H](c2cc(NC(=O)c3ccc(N4CCC(CN5CCC6(CC5)CCN(c5ccc7c(c5)C(=O)N(C5CCC(=O)NC5=O)C7=O)C6)CC4)cc3)n[nH]2)C1. The number of H-pyrrole nitrogens is 1. The molecule has 0 bridgehead atoms. The van der Waals surface area contributed by atoms with Crippen LogP contribution in [-0.2, 0) is 14.3 Å². The number of aromatic nitrogens is 2. The Kier molecular flexibility index (Phi) is 11.5. The van der Waals surface area contributed by atoms with E-state index in [1.54, 1.807) is 6.07 Å². The summed E-state index contributed by atoms with van der Waals surface area (Å²) in [7, 11) is 0. The number of amides is 6. The van der Waals surface area contributed by atoms with Crippen LogP contribution in [0, 0.1) is 11.3 Å². The van der Waals surface area contributed by atoms with E-state index in [-0.39, 0.29) is 54.2 Å². The highest BCUT2D eigenvalue weighted by Crippen LogP contribution is 2.43. The Morgan fingerprint density at radius 1 is 0.839 bits per heavy atom. The lowest BCUT2D eigenvalue weighted by Crippen LogP contribution is -2.54. The third-order valence-electron chi connectivity index (χ3n) is 14.1. The topological polar surface area (TPSA) is 189 Å². The molecule has 1 unspecified atom stereocenters. The second kappa shape index (κ2) is 17.2. The molecule has 16 heteroatoms. The quantitative estimate of drug-likeness (QED) is 0.200. The highest BCUT2D eigenvalue weighted by atomic mass is 16.6. The van der Waals surface area contributed by atoms with Crippen LogP contribution >= 0.6 is 0 Å². The van der Waals surface area contributed by atoms with E-state index in [9.17, 15) is 28.8 Å². The van der Waals surface area contributed by atoms with Crippen LogP contribution in [0.3, 0.4) is 0 Å². The first-order valence-electron chi connectivity index (χ1n) is 22.4. The van der Waals surface area contributed by atoms with Crippen molar-refractivity contribution in [2.45, 2.75) is 102 Å². The number of hydrogen-bond acceptors (Lipinski definition) is 11. The van der Waals surface area contributed by atoms with Crippen molar-refractivity contribution in [3.63, 3.8) is 0 Å². The molecule has 2 aromatic carbocycles. The Balaban J connectivity index is 0.702. The maximum Gasteiger partial charge on any atom is 0.407 e. The first kappa shape index (κ1) is 41.6. The van der Waals surface area contributed by atoms with Crippen LogP contribution in [-0.4, -0.2) is 120 Å². The Bertz CT molecular complexity index is 2220. The van der Waals surface area contributed by atoms with Crippen LogP contribution in [0.25, 0.3) is 0 Å². The molecule has 1 aromatic heterocycles. The van der Waals surface area contributed by atoms with Gasteiger partial charge in [-0.25, -0.2) is 4.79 Å². The van der Waals surface area contributed by atoms with Crippen LogP contribution in [0.2, 0.25) is 0 Å². The number of anilines is 3. The summed E-state index contributed by atoms with van der Waals surface area (Å²) in [5, 5.41) is 15.3. The minimum atomic E-state index is -0.966. The molecule has 328 valence electrons. The summed E-state index contributed by atoms with van der Waals surface area (Å²) >= 11 is 0. The third-order valence-corrected chi connectivity index (χ3v) is 14.1. The van der Waals surface area contributed by atoms with E-state index in [2.05, 4.69) is 40.8 Å². The molecule has 9 rings (SSSR count). The lowest BCUT2D eigenvalue weighted by molar-refractivity contribution is -0.136. The number of ether oxygens (including phenoxy) is 1. The second-order valence-corrected chi connectivity index (χ2v) is 18.6. The van der Waals surface area contributed by atoms with Gasteiger partial charge >= 0.3 is 6.09 Å². The summed E-state index contributed by atoms with van der Waals surface area (Å²) < 4.78 is 5.56. The maximum atomic E-state index is 13.4. The second-order valence-electron chi connectivity index (χ2n) is 18.6. The van der Waals surface area contributed by atoms with Gasteiger partial charge in [0.15, 0.2) is 5.82 Å². The highest BCUT2D eigenvalue weighted by molar-refractivity contribution is 6.23. The van der Waals surface area contributed by atoms with E-state index < -0.39 is 23.8 Å². The fraction of sp³-hybridized carbons (Fsp3) is 0.543. The smallest absolute Gasteiger partial charge is 0.407 e. The minimum Gasteiger partial charge on any atom is -0.446 e. The van der Waals surface area contributed by atoms with E-state index in [4.69, 9.17) is 4.74 Å². The van der Waals surface area contributed by atoms with Crippen molar-refractivity contribution in [1.29, 1.82) is 0 Å². The van der Waals surface area contributed by atoms with Gasteiger partial charge in [0, 0.05) is 79.8 Å². The van der Waals surface area contributed by atoms with Crippen LogP contribution in [0.1, 0.15) is 121 Å². The van der Waals surface area contributed by atoms with Crippen molar-refractivity contribution in [3.05, 3.63) is 70.9 Å². The van der Waals surface area contributed by atoms with E-state index in [1.165, 1.54) is 0 Å². The van der Waals surface area contributed by atoms with Crippen molar-refractivity contribution in [3.8, 4) is 0 Å². The average molecular weight is 848 g/mol. The zero-order valence-electron chi connectivity index (χ0n) is 35.6. The standard InChI is InChI=1S/C46H57N9O7/c1-28(2)47-45(61)62-34-9-5-31(23-34)37-25-39(51-50-37)48-41(57)30-3-6-32(7-4-30)53-18-13-29(14-19-53)26-52-20-15-46(16-21-52)17-22-54(27-46)33-8-10-35-36(24-33)44(60)55(43(35)59)38-11-12-40(56)49-42(38)58/h3-4,6-8,10,24-25,28-29,31,34,38H,5,9,11-23,26-27H2,1-2H3,(H,47,61)(H,49,56,58)(H2,48,50,51,57)/t31-,34+,38?/m1/s1. The van der Waals surface area contributed by atoms with Crippen molar-refractivity contribution in [1.82, 2.24) is 30.6 Å². The lowest BCUT2D eigenvalue weighted by atomic mass is 9.77. The fourth-order valence-electron chi connectivity index (χ4n) is 10.5. The number of benzene rings is 2. The molecule has 6 aliphatic rings. The predicted molar refractivity (Wildman–Crippen MR) is 231 cm³/mol. The molecule has 1 spiro atoms. The molecule has 5 fully saturated rings. The molecular weight excluding hydrogens is 791 g/mol. The van der Waals surface area contributed by atoms with Gasteiger partial charge in [0.05, 0.1) is 11.1 Å². The number of imide groups is 2. The van der Waals surface area contributed by atoms with Gasteiger partial charge in [-0.1, -0.05) is 0 Å². The predicted octanol–water partition coefficient (Wildman–Crippen LogP) is 5.04. The third kappa shape index (κ3) is 8.66. The summed E-state index contributed by atoms with van der Waals surface area (Å²) in [6, 6.07) is 14.2. The zero-order valence-corrected chi connectivity index (χ0v) is 35.6. The van der Waals surface area contributed by atoms with Crippen LogP contribution in [0.15, 0.2) is 48.5 Å². The van der Waals surface area contributed by atoms with Gasteiger partial charge < -0.3 is 30.1 Å². The van der Waals surface area contributed by atoms with Crippen LogP contribution in [0.4, 0.5) is 22.0 Å².